The molecule has 67 heavy (non-hydrogen) atoms. The van der Waals surface area contributed by atoms with Crippen LogP contribution in [-0.2, 0) is 28.6 Å². The summed E-state index contributed by atoms with van der Waals surface area (Å²) in [7, 11) is 5.54. The van der Waals surface area contributed by atoms with Crippen molar-refractivity contribution in [3.8, 4) is 0 Å². The Labute approximate surface area is 414 Å². The van der Waals surface area contributed by atoms with Crippen LogP contribution < -0.4 is 0 Å². The number of carbonyl (C=O) groups excluding carboxylic acids is 2. The normalized spacial score (nSPS) is 13.1. The number of nitrogens with zero attached hydrogens (tertiary/aromatic N) is 1. The zero-order valence-electron chi connectivity index (χ0n) is 44.6. The molecule has 0 amide bonds. The number of likely N-dealkylation sites (N-methyl/N-ethyl adjacent to an activating group) is 1. The van der Waals surface area contributed by atoms with Gasteiger partial charge in [-0.3, -0.25) is 9.59 Å². The minimum atomic E-state index is -0.875. The predicted molar refractivity (Wildman–Crippen MR) is 284 cm³/mol. The Kier molecular flexibility index (Phi) is 47.7. The molecule has 0 aliphatic rings. The number of carbonyl (C=O) groups is 3. The first-order valence-corrected chi connectivity index (χ1v) is 28.2. The molecule has 0 aromatic heterocycles. The standard InChI is InChI=1S/C59H107NO7/c1-6-8-10-12-14-16-18-20-22-24-26-28-29-30-32-33-35-37-39-41-43-45-47-49-57(61)66-54-55(53-65-52-51-56(59(63)64)60(3,4)5)67-58(62)50-48-46-44-42-40-38-36-34-31-27-25-23-21-19-17-15-13-11-9-7-2/h9,11,15,17,21,23,27,31,55-56H,6-8,10,12-14,16,18-20,22,24-26,28-30,32-54H2,1-5H3/p+1/b11-9+,17-15+,23-21+,31-27+. The van der Waals surface area contributed by atoms with Gasteiger partial charge >= 0.3 is 17.9 Å². The Morgan fingerprint density at radius 1 is 0.463 bits per heavy atom. The number of esters is 2. The van der Waals surface area contributed by atoms with Crippen LogP contribution in [0.25, 0.3) is 0 Å². The topological polar surface area (TPSA) is 99.1 Å². The molecule has 0 aromatic carbocycles. The van der Waals surface area contributed by atoms with E-state index in [0.717, 1.165) is 70.6 Å². The van der Waals surface area contributed by atoms with E-state index < -0.39 is 18.1 Å². The molecule has 0 rings (SSSR count). The molecule has 0 aromatic rings. The predicted octanol–water partition coefficient (Wildman–Crippen LogP) is 16.7. The molecule has 0 saturated carbocycles. The maximum atomic E-state index is 12.8. The number of unbranched alkanes of at least 4 members (excludes halogenated alkanes) is 29. The van der Waals surface area contributed by atoms with Crippen LogP contribution in [0, 0.1) is 0 Å². The van der Waals surface area contributed by atoms with E-state index >= 15 is 0 Å². The van der Waals surface area contributed by atoms with Crippen LogP contribution in [0.2, 0.25) is 0 Å². The Morgan fingerprint density at radius 3 is 1.24 bits per heavy atom. The summed E-state index contributed by atoms with van der Waals surface area (Å²) >= 11 is 0. The van der Waals surface area contributed by atoms with Crippen LogP contribution >= 0.6 is 0 Å². The van der Waals surface area contributed by atoms with Crippen molar-refractivity contribution in [3.05, 3.63) is 48.6 Å². The smallest absolute Gasteiger partial charge is 0.362 e. The first-order chi connectivity index (χ1) is 32.6. The summed E-state index contributed by atoms with van der Waals surface area (Å²) in [5.41, 5.74) is 0. The summed E-state index contributed by atoms with van der Waals surface area (Å²) in [5, 5.41) is 9.67. The van der Waals surface area contributed by atoms with Gasteiger partial charge < -0.3 is 23.8 Å². The van der Waals surface area contributed by atoms with Crippen molar-refractivity contribution in [2.45, 2.75) is 270 Å². The quantitative estimate of drug-likeness (QED) is 0.0281. The zero-order valence-corrected chi connectivity index (χ0v) is 44.6. The number of carboxylic acids is 1. The molecule has 1 N–H and O–H groups in total. The molecule has 8 heteroatoms. The number of rotatable bonds is 51. The van der Waals surface area contributed by atoms with E-state index in [1.807, 2.05) is 21.1 Å². The van der Waals surface area contributed by atoms with Gasteiger partial charge in [-0.2, -0.15) is 0 Å². The molecule has 0 fully saturated rings. The summed E-state index contributed by atoms with van der Waals surface area (Å²) in [4.78, 5) is 37.3. The van der Waals surface area contributed by atoms with Crippen molar-refractivity contribution in [1.82, 2.24) is 0 Å². The SMILES string of the molecule is CC/C=C/C/C=C/C/C=C/C/C=C/CCCCCCCCCC(=O)OC(COCCC(C(=O)O)[N+](C)(C)C)COC(=O)CCCCCCCCCCCCCCCCCCCCCCCCC. The molecule has 0 saturated heterocycles. The Balaban J connectivity index is 4.17. The lowest BCUT2D eigenvalue weighted by Gasteiger charge is -2.31. The third-order valence-electron chi connectivity index (χ3n) is 12.7. The second-order valence-electron chi connectivity index (χ2n) is 20.2. The third-order valence-corrected chi connectivity index (χ3v) is 12.7. The fraction of sp³-hybridized carbons (Fsp3) is 0.814. The maximum Gasteiger partial charge on any atom is 0.362 e. The molecule has 2 unspecified atom stereocenters. The Hall–Kier alpha value is -2.71. The second kappa shape index (κ2) is 49.7. The van der Waals surface area contributed by atoms with Gasteiger partial charge in [-0.1, -0.05) is 236 Å². The van der Waals surface area contributed by atoms with Gasteiger partial charge in [0.2, 0.25) is 0 Å². The van der Waals surface area contributed by atoms with E-state index in [1.54, 1.807) is 0 Å². The fourth-order valence-electron chi connectivity index (χ4n) is 8.44. The van der Waals surface area contributed by atoms with Gasteiger partial charge in [-0.25, -0.2) is 4.79 Å². The van der Waals surface area contributed by atoms with Crippen molar-refractivity contribution < 1.29 is 38.2 Å². The van der Waals surface area contributed by atoms with E-state index in [9.17, 15) is 19.5 Å². The van der Waals surface area contributed by atoms with Crippen molar-refractivity contribution in [1.29, 1.82) is 0 Å². The van der Waals surface area contributed by atoms with Crippen LogP contribution in [0.1, 0.15) is 258 Å². The molecule has 0 aliphatic heterocycles. The van der Waals surface area contributed by atoms with Crippen LogP contribution in [0.3, 0.4) is 0 Å². The molecular formula is C59H108NO7+. The summed E-state index contributed by atoms with van der Waals surface area (Å²) < 4.78 is 17.4. The van der Waals surface area contributed by atoms with Crippen molar-refractivity contribution >= 4 is 17.9 Å². The van der Waals surface area contributed by atoms with Crippen LogP contribution in [0.15, 0.2) is 48.6 Å². The highest BCUT2D eigenvalue weighted by atomic mass is 16.6. The number of aliphatic carboxylic acids is 1. The molecule has 8 nitrogen and oxygen atoms in total. The highest BCUT2D eigenvalue weighted by Gasteiger charge is 2.31. The number of allylic oxidation sites excluding steroid dienone is 8. The molecule has 2 atom stereocenters. The van der Waals surface area contributed by atoms with Crippen LogP contribution in [0.4, 0.5) is 0 Å². The van der Waals surface area contributed by atoms with Gasteiger partial charge in [-0.15, -0.1) is 0 Å². The van der Waals surface area contributed by atoms with Crippen LogP contribution in [0.5, 0.6) is 0 Å². The first kappa shape index (κ1) is 64.3. The van der Waals surface area contributed by atoms with Gasteiger partial charge in [0.25, 0.3) is 0 Å². The molecule has 0 aliphatic carbocycles. The lowest BCUT2D eigenvalue weighted by molar-refractivity contribution is -0.887. The summed E-state index contributed by atoms with van der Waals surface area (Å²) in [6, 6.07) is -0.618. The number of carboxylic acid groups (broad SMARTS) is 1. The monoisotopic (exact) mass is 943 g/mol. The largest absolute Gasteiger partial charge is 0.477 e. The van der Waals surface area contributed by atoms with E-state index in [1.165, 1.54) is 154 Å². The van der Waals surface area contributed by atoms with Gasteiger partial charge in [0.15, 0.2) is 12.1 Å². The maximum absolute atomic E-state index is 12.8. The van der Waals surface area contributed by atoms with E-state index in [0.29, 0.717) is 19.3 Å². The lowest BCUT2D eigenvalue weighted by Crippen LogP contribution is -2.50. The number of hydrogen-bond acceptors (Lipinski definition) is 6. The molecule has 0 heterocycles. The average Bonchev–Trinajstić information content (AvgIpc) is 3.29. The molecule has 0 bridgehead atoms. The first-order valence-electron chi connectivity index (χ1n) is 28.2. The van der Waals surface area contributed by atoms with Gasteiger partial charge in [0.05, 0.1) is 34.4 Å². The molecule has 0 radical (unpaired) electrons. The van der Waals surface area contributed by atoms with E-state index in [2.05, 4.69) is 62.5 Å². The summed E-state index contributed by atoms with van der Waals surface area (Å²) in [6.45, 7) is 4.66. The fourth-order valence-corrected chi connectivity index (χ4v) is 8.44. The molecular weight excluding hydrogens is 835 g/mol. The van der Waals surface area contributed by atoms with Gasteiger partial charge in [0, 0.05) is 19.3 Å². The zero-order chi connectivity index (χ0) is 49.2. The Morgan fingerprint density at radius 2 is 0.836 bits per heavy atom. The lowest BCUT2D eigenvalue weighted by atomic mass is 10.0. The summed E-state index contributed by atoms with van der Waals surface area (Å²) in [6.07, 6.45) is 61.7. The van der Waals surface area contributed by atoms with Crippen molar-refractivity contribution in [2.75, 3.05) is 41.0 Å². The minimum Gasteiger partial charge on any atom is -0.477 e. The molecule has 0 spiro atoms. The van der Waals surface area contributed by atoms with Gasteiger partial charge in [-0.05, 0) is 51.4 Å². The van der Waals surface area contributed by atoms with E-state index in [-0.39, 0.29) is 36.2 Å². The minimum absolute atomic E-state index is 0.0530. The van der Waals surface area contributed by atoms with E-state index in [4.69, 9.17) is 14.2 Å². The average molecular weight is 944 g/mol. The number of ether oxygens (including phenoxy) is 3. The highest BCUT2D eigenvalue weighted by Crippen LogP contribution is 2.17. The van der Waals surface area contributed by atoms with Crippen molar-refractivity contribution in [3.63, 3.8) is 0 Å². The van der Waals surface area contributed by atoms with Gasteiger partial charge in [0.1, 0.15) is 6.61 Å². The number of quaternary nitrogens is 1. The Bertz CT molecular complexity index is 1230. The molecule has 390 valence electrons. The third kappa shape index (κ3) is 48.1. The summed E-state index contributed by atoms with van der Waals surface area (Å²) in [5.74, 6) is -1.47. The highest BCUT2D eigenvalue weighted by molar-refractivity contribution is 5.72. The van der Waals surface area contributed by atoms with Crippen LogP contribution in [-0.4, -0.2) is 80.6 Å². The van der Waals surface area contributed by atoms with Crippen molar-refractivity contribution in [2.24, 2.45) is 0 Å². The second-order valence-corrected chi connectivity index (χ2v) is 20.2. The number of hydrogen-bond donors (Lipinski definition) is 1.